The van der Waals surface area contributed by atoms with Crippen LogP contribution in [0.3, 0.4) is 0 Å². The molecule has 0 fully saturated rings. The predicted octanol–water partition coefficient (Wildman–Crippen LogP) is 8.24. The second-order valence-corrected chi connectivity index (χ2v) is 13.7. The van der Waals surface area contributed by atoms with Gasteiger partial charge in [0.05, 0.1) is 24.0 Å². The highest BCUT2D eigenvalue weighted by Crippen LogP contribution is 2.57. The van der Waals surface area contributed by atoms with E-state index in [9.17, 15) is 5.11 Å². The van der Waals surface area contributed by atoms with Gasteiger partial charge in [-0.15, -0.1) is 11.3 Å². The molecule has 204 valence electrons. The highest BCUT2D eigenvalue weighted by Gasteiger charge is 2.49. The summed E-state index contributed by atoms with van der Waals surface area (Å²) in [5.41, 5.74) is 11.7. The zero-order valence-electron chi connectivity index (χ0n) is 23.5. The number of nitrogens with zero attached hydrogens (tertiary/aromatic N) is 2. The summed E-state index contributed by atoms with van der Waals surface area (Å²) >= 11 is 1.94. The third kappa shape index (κ3) is 3.79. The van der Waals surface area contributed by atoms with Gasteiger partial charge in [-0.1, -0.05) is 74.6 Å². The molecule has 0 saturated heterocycles. The molecule has 1 N–H and O–H groups in total. The molecule has 8 rings (SSSR count). The summed E-state index contributed by atoms with van der Waals surface area (Å²) in [6, 6.07) is 0. The molecule has 0 amide bonds. The van der Waals surface area contributed by atoms with Gasteiger partial charge in [0.25, 0.3) is 0 Å². The van der Waals surface area contributed by atoms with Gasteiger partial charge in [-0.25, -0.2) is 0 Å². The molecular weight excluding hydrogens is 508 g/mol. The van der Waals surface area contributed by atoms with Crippen LogP contribution in [0.15, 0.2) is 101 Å². The van der Waals surface area contributed by atoms with Crippen LogP contribution < -0.4 is 0 Å². The lowest BCUT2D eigenvalue weighted by Gasteiger charge is -2.40. The maximum atomic E-state index is 10.7. The Bertz CT molecular complexity index is 1550. The minimum Gasteiger partial charge on any atom is -0.389 e. The van der Waals surface area contributed by atoms with Gasteiger partial charge in [-0.2, -0.15) is 0 Å². The van der Waals surface area contributed by atoms with Crippen molar-refractivity contribution in [3.63, 3.8) is 0 Å². The first-order valence-corrected chi connectivity index (χ1v) is 16.0. The van der Waals surface area contributed by atoms with Crippen LogP contribution in [0.25, 0.3) is 6.08 Å². The molecule has 0 radical (unpaired) electrons. The van der Waals surface area contributed by atoms with Crippen molar-refractivity contribution in [1.29, 1.82) is 0 Å². The van der Waals surface area contributed by atoms with Crippen LogP contribution in [0.4, 0.5) is 0 Å². The van der Waals surface area contributed by atoms with Crippen LogP contribution in [-0.2, 0) is 13.0 Å². The minimum absolute atomic E-state index is 0.164. The average molecular weight is 547 g/mol. The van der Waals surface area contributed by atoms with E-state index >= 15 is 0 Å². The maximum Gasteiger partial charge on any atom is 0.134 e. The highest BCUT2D eigenvalue weighted by molar-refractivity contribution is 7.13. The third-order valence-corrected chi connectivity index (χ3v) is 10.9. The lowest BCUT2D eigenvalue weighted by Crippen LogP contribution is -2.33. The highest BCUT2D eigenvalue weighted by atomic mass is 32.1. The van der Waals surface area contributed by atoms with Gasteiger partial charge in [0.1, 0.15) is 6.17 Å². The molecule has 0 spiro atoms. The van der Waals surface area contributed by atoms with E-state index in [2.05, 4.69) is 90.5 Å². The van der Waals surface area contributed by atoms with Crippen LogP contribution in [0.2, 0.25) is 0 Å². The van der Waals surface area contributed by atoms with E-state index < -0.39 is 6.10 Å². The first kappa shape index (κ1) is 24.7. The van der Waals surface area contributed by atoms with Crippen molar-refractivity contribution in [3.05, 3.63) is 122 Å². The molecule has 5 unspecified atom stereocenters. The van der Waals surface area contributed by atoms with E-state index in [0.29, 0.717) is 17.8 Å². The van der Waals surface area contributed by atoms with E-state index in [0.717, 1.165) is 45.1 Å². The fourth-order valence-electron chi connectivity index (χ4n) is 7.95. The summed E-state index contributed by atoms with van der Waals surface area (Å²) < 4.78 is 0. The van der Waals surface area contributed by atoms with Gasteiger partial charge in [-0.3, -0.25) is 0 Å². The minimum atomic E-state index is -0.392. The first-order valence-electron chi connectivity index (χ1n) is 15.2. The van der Waals surface area contributed by atoms with Crippen molar-refractivity contribution < 1.29 is 5.11 Å². The van der Waals surface area contributed by atoms with E-state index in [-0.39, 0.29) is 6.17 Å². The van der Waals surface area contributed by atoms with Crippen LogP contribution >= 0.6 is 11.3 Å². The summed E-state index contributed by atoms with van der Waals surface area (Å²) in [6.45, 7) is 5.72. The second kappa shape index (κ2) is 9.49. The van der Waals surface area contributed by atoms with Crippen molar-refractivity contribution in [3.8, 4) is 0 Å². The number of aliphatic hydroxyl groups is 1. The van der Waals surface area contributed by atoms with Crippen LogP contribution in [-0.4, -0.2) is 21.0 Å². The van der Waals surface area contributed by atoms with Crippen LogP contribution in [0.1, 0.15) is 73.0 Å². The summed E-state index contributed by atoms with van der Waals surface area (Å²) in [5.74, 6) is 1.46. The number of hydrogen-bond acceptors (Lipinski definition) is 4. The monoisotopic (exact) mass is 546 g/mol. The summed E-state index contributed by atoms with van der Waals surface area (Å²) in [6.07, 6.45) is 33.9. The van der Waals surface area contributed by atoms with E-state index in [1.807, 2.05) is 17.4 Å². The third-order valence-electron chi connectivity index (χ3n) is 9.66. The molecule has 5 aliphatic carbocycles. The Kier molecular flexibility index (Phi) is 5.86. The molecule has 3 nitrogen and oxygen atoms in total. The fraction of sp³-hybridized carbons (Fsp3) is 0.389. The smallest absolute Gasteiger partial charge is 0.134 e. The van der Waals surface area contributed by atoms with Crippen molar-refractivity contribution in [2.24, 2.45) is 17.8 Å². The summed E-state index contributed by atoms with van der Waals surface area (Å²) in [4.78, 5) is 8.29. The number of thiophene rings is 1. The van der Waals surface area contributed by atoms with Gasteiger partial charge in [0, 0.05) is 33.4 Å². The van der Waals surface area contributed by atoms with Gasteiger partial charge in [0.2, 0.25) is 0 Å². The molecule has 0 aromatic carbocycles. The van der Waals surface area contributed by atoms with Gasteiger partial charge in [-0.05, 0) is 78.4 Å². The van der Waals surface area contributed by atoms with Crippen LogP contribution in [0, 0.1) is 17.8 Å². The molecule has 2 aliphatic heterocycles. The first-order chi connectivity index (χ1) is 19.6. The number of fused-ring (bicyclic) bond motifs is 6. The average Bonchev–Trinajstić information content (AvgIpc) is 3.60. The Hall–Kier alpha value is -3.08. The normalized spacial score (nSPS) is 31.9. The number of hydrogen-bond donors (Lipinski definition) is 1. The van der Waals surface area contributed by atoms with Gasteiger partial charge < -0.3 is 14.9 Å². The lowest BCUT2D eigenvalue weighted by molar-refractivity contribution is 0.184. The zero-order chi connectivity index (χ0) is 27.0. The predicted molar refractivity (Wildman–Crippen MR) is 165 cm³/mol. The topological polar surface area (TPSA) is 26.7 Å². The second-order valence-electron chi connectivity index (χ2n) is 12.6. The molecule has 1 aromatic heterocycles. The molecule has 5 atom stereocenters. The molecule has 4 heteroatoms. The number of rotatable bonds is 3. The quantitative estimate of drug-likeness (QED) is 0.414. The maximum absolute atomic E-state index is 10.7. The van der Waals surface area contributed by atoms with Crippen molar-refractivity contribution >= 4 is 17.4 Å². The molecule has 0 bridgehead atoms. The van der Waals surface area contributed by atoms with Gasteiger partial charge in [0.15, 0.2) is 0 Å². The Morgan fingerprint density at radius 1 is 0.925 bits per heavy atom. The molecule has 3 heterocycles. The van der Waals surface area contributed by atoms with Crippen molar-refractivity contribution in [2.45, 2.75) is 71.2 Å². The standard InChI is InChI=1S/C36H38N2OS/c1-22-9-8-12-25(17-22)28-19-23(2)18-27(24-10-4-3-5-11-24)35(28)38-31-14-7-6-13-30(31)37-21-33-34(36(37)38)29-20-26(39)15-16-32(29)40-33/h3-6,8,10,12-13,15-18,22-24,26,36,39H,7,9,11,14,19-21H2,1-2H3. The Labute approximate surface area is 242 Å². The lowest BCUT2D eigenvalue weighted by atomic mass is 9.76. The fourth-order valence-corrected chi connectivity index (χ4v) is 9.22. The van der Waals surface area contributed by atoms with Gasteiger partial charge >= 0.3 is 0 Å². The summed E-state index contributed by atoms with van der Waals surface area (Å²) in [7, 11) is 0. The van der Waals surface area contributed by atoms with E-state index in [1.165, 1.54) is 54.7 Å². The van der Waals surface area contributed by atoms with Crippen LogP contribution in [0.5, 0.6) is 0 Å². The summed E-state index contributed by atoms with van der Waals surface area (Å²) in [5, 5.41) is 10.7. The Morgan fingerprint density at radius 2 is 1.85 bits per heavy atom. The molecular formula is C36H38N2OS. The molecule has 7 aliphatic rings. The number of allylic oxidation sites excluding steroid dienone is 14. The SMILES string of the molecule is CC1C=C(C2=C(N3C4=C(C=CCC4)N4Cc5sc6c(c5C43)CC(O)C=C6)C(C3C=CC=CC3)=CC(C)C2)C=CC1. The molecule has 40 heavy (non-hydrogen) atoms. The molecule has 0 saturated carbocycles. The Balaban J connectivity index is 1.36. The van der Waals surface area contributed by atoms with E-state index in [4.69, 9.17) is 0 Å². The van der Waals surface area contributed by atoms with E-state index in [1.54, 1.807) is 0 Å². The molecule has 1 aromatic rings. The number of aliphatic hydroxyl groups excluding tert-OH is 1. The zero-order valence-corrected chi connectivity index (χ0v) is 24.3. The largest absolute Gasteiger partial charge is 0.389 e. The van der Waals surface area contributed by atoms with Crippen molar-refractivity contribution in [2.75, 3.05) is 0 Å². The Morgan fingerprint density at radius 3 is 2.70 bits per heavy atom. The van der Waals surface area contributed by atoms with Crippen molar-refractivity contribution in [1.82, 2.24) is 9.80 Å².